The number of thioether (sulfide) groups is 1. The van der Waals surface area contributed by atoms with E-state index >= 15 is 0 Å². The maximum absolute atomic E-state index is 11.3. The van der Waals surface area contributed by atoms with Crippen LogP contribution in [0.15, 0.2) is 5.16 Å². The van der Waals surface area contributed by atoms with Crippen LogP contribution in [0.1, 0.15) is 11.4 Å². The summed E-state index contributed by atoms with van der Waals surface area (Å²) in [4.78, 5) is 17.4. The van der Waals surface area contributed by atoms with Gasteiger partial charge in [0.2, 0.25) is 0 Å². The van der Waals surface area contributed by atoms with Gasteiger partial charge in [0.25, 0.3) is 0 Å². The molecule has 16 heavy (non-hydrogen) atoms. The molecule has 0 saturated carbocycles. The van der Waals surface area contributed by atoms with Crippen molar-refractivity contribution in [2.24, 2.45) is 0 Å². The van der Waals surface area contributed by atoms with E-state index < -0.39 is 15.8 Å². The molecular weight excluding hydrogens is 252 g/mol. The normalized spacial score (nSPS) is 18.0. The standard InChI is InChI=1S/C8H10N2O4S2/c11-7(12)3-15-8-9-5-1-2-16(13,14)4-6(5)10-8/h1-4H2,(H,9,10)(H,11,12). The predicted molar refractivity (Wildman–Crippen MR) is 58.1 cm³/mol. The lowest BCUT2D eigenvalue weighted by Crippen LogP contribution is -2.18. The first kappa shape index (κ1) is 11.5. The lowest BCUT2D eigenvalue weighted by molar-refractivity contribution is -0.133. The van der Waals surface area contributed by atoms with Gasteiger partial charge in [-0.15, -0.1) is 0 Å². The lowest BCUT2D eigenvalue weighted by Gasteiger charge is -2.09. The van der Waals surface area contributed by atoms with Crippen LogP contribution in [-0.2, 0) is 26.8 Å². The van der Waals surface area contributed by atoms with Gasteiger partial charge in [-0.2, -0.15) is 0 Å². The maximum atomic E-state index is 11.3. The Bertz CT molecular complexity index is 520. The van der Waals surface area contributed by atoms with Crippen molar-refractivity contribution in [2.45, 2.75) is 17.3 Å². The Balaban J connectivity index is 2.15. The molecule has 1 aromatic heterocycles. The number of rotatable bonds is 3. The fourth-order valence-electron chi connectivity index (χ4n) is 1.49. The molecule has 1 aliphatic heterocycles. The van der Waals surface area contributed by atoms with Crippen molar-refractivity contribution in [3.8, 4) is 0 Å². The number of H-pyrrole nitrogens is 1. The summed E-state index contributed by atoms with van der Waals surface area (Å²) in [5.41, 5.74) is 1.34. The molecule has 0 atom stereocenters. The highest BCUT2D eigenvalue weighted by Crippen LogP contribution is 2.22. The number of nitrogens with zero attached hydrogens (tertiary/aromatic N) is 1. The first-order chi connectivity index (χ1) is 7.46. The Hall–Kier alpha value is -1.02. The largest absolute Gasteiger partial charge is 0.481 e. The molecule has 0 amide bonds. The average molecular weight is 262 g/mol. The van der Waals surface area contributed by atoms with Gasteiger partial charge in [-0.05, 0) is 0 Å². The number of hydrogen-bond acceptors (Lipinski definition) is 5. The van der Waals surface area contributed by atoms with Crippen molar-refractivity contribution in [1.82, 2.24) is 9.97 Å². The molecule has 2 heterocycles. The summed E-state index contributed by atoms with van der Waals surface area (Å²) >= 11 is 1.06. The Morgan fingerprint density at radius 3 is 3.00 bits per heavy atom. The predicted octanol–water partition coefficient (Wildman–Crippen LogP) is 0.0573. The number of carboxylic acids is 1. The van der Waals surface area contributed by atoms with Crippen molar-refractivity contribution >= 4 is 27.6 Å². The zero-order chi connectivity index (χ0) is 11.8. The maximum Gasteiger partial charge on any atom is 0.313 e. The van der Waals surface area contributed by atoms with Gasteiger partial charge < -0.3 is 10.1 Å². The van der Waals surface area contributed by atoms with Gasteiger partial charge in [0, 0.05) is 6.42 Å². The molecule has 0 spiro atoms. The van der Waals surface area contributed by atoms with Crippen LogP contribution in [0.2, 0.25) is 0 Å². The summed E-state index contributed by atoms with van der Waals surface area (Å²) in [6.45, 7) is 0. The van der Waals surface area contributed by atoms with Crippen molar-refractivity contribution in [2.75, 3.05) is 11.5 Å². The van der Waals surface area contributed by atoms with Crippen LogP contribution in [0.4, 0.5) is 0 Å². The number of carboxylic acid groups (broad SMARTS) is 1. The van der Waals surface area contributed by atoms with Gasteiger partial charge in [0.05, 0.1) is 28.6 Å². The van der Waals surface area contributed by atoms with Crippen molar-refractivity contribution in [1.29, 1.82) is 0 Å². The van der Waals surface area contributed by atoms with Crippen LogP contribution in [0, 0.1) is 0 Å². The zero-order valence-electron chi connectivity index (χ0n) is 8.26. The molecule has 0 unspecified atom stereocenters. The molecule has 0 saturated heterocycles. The lowest BCUT2D eigenvalue weighted by atomic mass is 10.3. The molecule has 0 bridgehead atoms. The third-order valence-electron chi connectivity index (χ3n) is 2.19. The molecule has 8 heteroatoms. The number of fused-ring (bicyclic) bond motifs is 1. The Labute approximate surface area is 96.4 Å². The second kappa shape index (κ2) is 4.10. The molecule has 0 radical (unpaired) electrons. The molecule has 0 fully saturated rings. The smallest absolute Gasteiger partial charge is 0.313 e. The monoisotopic (exact) mass is 262 g/mol. The number of sulfone groups is 1. The summed E-state index contributed by atoms with van der Waals surface area (Å²) in [5.74, 6) is -0.914. The van der Waals surface area contributed by atoms with E-state index in [4.69, 9.17) is 5.11 Å². The molecule has 0 aliphatic carbocycles. The molecule has 88 valence electrons. The summed E-state index contributed by atoms with van der Waals surface area (Å²) in [7, 11) is -3.01. The third-order valence-corrected chi connectivity index (χ3v) is 4.60. The third kappa shape index (κ3) is 2.56. The number of carbonyl (C=O) groups is 1. The topological polar surface area (TPSA) is 100 Å². The van der Waals surface area contributed by atoms with Crippen LogP contribution in [0.25, 0.3) is 0 Å². The van der Waals surface area contributed by atoms with Gasteiger partial charge in [0.1, 0.15) is 0 Å². The van der Waals surface area contributed by atoms with Gasteiger partial charge in [-0.25, -0.2) is 13.4 Å². The van der Waals surface area contributed by atoms with E-state index in [1.807, 2.05) is 0 Å². The number of aromatic amines is 1. The van der Waals surface area contributed by atoms with Gasteiger partial charge in [-0.3, -0.25) is 4.79 Å². The van der Waals surface area contributed by atoms with Crippen molar-refractivity contribution in [3.05, 3.63) is 11.4 Å². The summed E-state index contributed by atoms with van der Waals surface area (Å²) in [6.07, 6.45) is 0.405. The fraction of sp³-hybridized carbons (Fsp3) is 0.500. The molecule has 6 nitrogen and oxygen atoms in total. The number of aliphatic carboxylic acids is 1. The fourth-order valence-corrected chi connectivity index (χ4v) is 3.45. The Morgan fingerprint density at radius 2 is 2.31 bits per heavy atom. The Morgan fingerprint density at radius 1 is 1.56 bits per heavy atom. The SMILES string of the molecule is O=C(O)CSc1nc2c([nH]1)CS(=O)(=O)CC2. The number of aromatic nitrogens is 2. The minimum absolute atomic E-state index is 0.0248. The van der Waals surface area contributed by atoms with E-state index in [9.17, 15) is 13.2 Å². The molecule has 2 rings (SSSR count). The van der Waals surface area contributed by atoms with Crippen molar-refractivity contribution < 1.29 is 18.3 Å². The van der Waals surface area contributed by atoms with E-state index in [2.05, 4.69) is 9.97 Å². The molecule has 2 N–H and O–H groups in total. The summed E-state index contributed by atoms with van der Waals surface area (Å²) < 4.78 is 22.7. The molecular formula is C8H10N2O4S2. The van der Waals surface area contributed by atoms with Crippen LogP contribution in [0.5, 0.6) is 0 Å². The number of imidazole rings is 1. The summed E-state index contributed by atoms with van der Waals surface area (Å²) in [5, 5.41) is 8.98. The summed E-state index contributed by atoms with van der Waals surface area (Å²) in [6, 6.07) is 0. The molecule has 0 aromatic carbocycles. The van der Waals surface area contributed by atoms with E-state index in [1.165, 1.54) is 0 Å². The highest BCUT2D eigenvalue weighted by molar-refractivity contribution is 7.99. The van der Waals surface area contributed by atoms with E-state index in [0.717, 1.165) is 17.5 Å². The average Bonchev–Trinajstić information content (AvgIpc) is 2.55. The quantitative estimate of drug-likeness (QED) is 0.747. The second-order valence-corrected chi connectivity index (χ2v) is 6.64. The first-order valence-corrected chi connectivity index (χ1v) is 7.40. The minimum Gasteiger partial charge on any atom is -0.481 e. The van der Waals surface area contributed by atoms with E-state index in [1.54, 1.807) is 0 Å². The number of aryl methyl sites for hydroxylation is 1. The number of nitrogens with one attached hydrogen (secondary N) is 1. The van der Waals surface area contributed by atoms with Crippen molar-refractivity contribution in [3.63, 3.8) is 0 Å². The molecule has 1 aromatic rings. The van der Waals surface area contributed by atoms with Crippen LogP contribution < -0.4 is 0 Å². The highest BCUT2D eigenvalue weighted by Gasteiger charge is 2.24. The minimum atomic E-state index is -3.01. The van der Waals surface area contributed by atoms with Gasteiger partial charge >= 0.3 is 5.97 Å². The Kier molecular flexibility index (Phi) is 2.94. The van der Waals surface area contributed by atoms with Crippen LogP contribution in [-0.4, -0.2) is 41.0 Å². The highest BCUT2D eigenvalue weighted by atomic mass is 32.2. The van der Waals surface area contributed by atoms with Gasteiger partial charge in [-0.1, -0.05) is 11.8 Å². The first-order valence-electron chi connectivity index (χ1n) is 4.59. The van der Waals surface area contributed by atoms with Gasteiger partial charge in [0.15, 0.2) is 15.0 Å². The molecule has 1 aliphatic rings. The zero-order valence-corrected chi connectivity index (χ0v) is 9.90. The van der Waals surface area contributed by atoms with E-state index in [0.29, 0.717) is 17.3 Å². The number of hydrogen-bond donors (Lipinski definition) is 2. The second-order valence-electron chi connectivity index (χ2n) is 3.49. The van der Waals surface area contributed by atoms with Crippen LogP contribution in [0.3, 0.4) is 0 Å². The van der Waals surface area contributed by atoms with E-state index in [-0.39, 0.29) is 17.3 Å². The van der Waals surface area contributed by atoms with Crippen LogP contribution >= 0.6 is 11.8 Å².